The number of anilines is 1. The highest BCUT2D eigenvalue weighted by atomic mass is 35.5. The number of nitrogens with two attached hydrogens (primary N) is 1. The number of nitrogens with one attached hydrogen (secondary N) is 1. The van der Waals surface area contributed by atoms with Crippen molar-refractivity contribution >= 4 is 40.4 Å². The SMILES string of the molecule is Cc1ccc(O)c(C(=O)Nc2ccc(C(N)=S)cc2Cl)c1. The maximum atomic E-state index is 12.2. The summed E-state index contributed by atoms with van der Waals surface area (Å²) >= 11 is 10.9. The maximum absolute atomic E-state index is 12.2. The van der Waals surface area contributed by atoms with Crippen LogP contribution in [0.1, 0.15) is 21.5 Å². The van der Waals surface area contributed by atoms with Gasteiger partial charge in [-0.25, -0.2) is 0 Å². The van der Waals surface area contributed by atoms with Gasteiger partial charge in [-0.05, 0) is 37.3 Å². The van der Waals surface area contributed by atoms with Gasteiger partial charge in [0.25, 0.3) is 5.91 Å². The van der Waals surface area contributed by atoms with E-state index in [-0.39, 0.29) is 16.3 Å². The molecule has 0 spiro atoms. The number of benzene rings is 2. The lowest BCUT2D eigenvalue weighted by Crippen LogP contribution is -2.14. The van der Waals surface area contributed by atoms with Gasteiger partial charge in [0.15, 0.2) is 0 Å². The molecule has 2 aromatic carbocycles. The molecule has 0 heterocycles. The molecule has 1 amide bonds. The number of phenolic OH excluding ortho intramolecular Hbond substituents is 1. The molecule has 0 aliphatic carbocycles. The van der Waals surface area contributed by atoms with Crippen LogP contribution < -0.4 is 11.1 Å². The molecule has 2 rings (SSSR count). The number of carbonyl (C=O) groups excluding carboxylic acids is 1. The van der Waals surface area contributed by atoms with Crippen molar-refractivity contribution in [2.24, 2.45) is 5.73 Å². The molecule has 4 nitrogen and oxygen atoms in total. The first-order valence-electron chi connectivity index (χ1n) is 6.09. The van der Waals surface area contributed by atoms with Crippen LogP contribution in [0.5, 0.6) is 5.75 Å². The van der Waals surface area contributed by atoms with E-state index in [1.54, 1.807) is 30.3 Å². The predicted molar refractivity (Wildman–Crippen MR) is 88.1 cm³/mol. The van der Waals surface area contributed by atoms with Crippen molar-refractivity contribution in [2.45, 2.75) is 6.92 Å². The fourth-order valence-electron chi connectivity index (χ4n) is 1.79. The average molecular weight is 321 g/mol. The molecule has 21 heavy (non-hydrogen) atoms. The first kappa shape index (κ1) is 15.3. The number of hydrogen-bond donors (Lipinski definition) is 3. The summed E-state index contributed by atoms with van der Waals surface area (Å²) < 4.78 is 0. The summed E-state index contributed by atoms with van der Waals surface area (Å²) in [6.45, 7) is 1.83. The Kier molecular flexibility index (Phi) is 4.45. The summed E-state index contributed by atoms with van der Waals surface area (Å²) in [5, 5.41) is 12.7. The van der Waals surface area contributed by atoms with Gasteiger partial charge in [0.2, 0.25) is 0 Å². The van der Waals surface area contributed by atoms with Gasteiger partial charge in [0, 0.05) is 5.56 Å². The van der Waals surface area contributed by atoms with E-state index in [1.165, 1.54) is 6.07 Å². The highest BCUT2D eigenvalue weighted by Gasteiger charge is 2.13. The number of rotatable bonds is 3. The number of amides is 1. The normalized spacial score (nSPS) is 10.2. The molecule has 0 saturated carbocycles. The summed E-state index contributed by atoms with van der Waals surface area (Å²) in [4.78, 5) is 12.4. The second kappa shape index (κ2) is 6.11. The molecular formula is C15H13ClN2O2S. The topological polar surface area (TPSA) is 75.3 Å². The molecule has 0 aliphatic rings. The minimum Gasteiger partial charge on any atom is -0.507 e. The smallest absolute Gasteiger partial charge is 0.259 e. The lowest BCUT2D eigenvalue weighted by molar-refractivity contribution is 0.102. The average Bonchev–Trinajstić information content (AvgIpc) is 2.43. The Bertz CT molecular complexity index is 732. The number of halogens is 1. The molecule has 0 radical (unpaired) electrons. The van der Waals surface area contributed by atoms with E-state index in [4.69, 9.17) is 29.6 Å². The van der Waals surface area contributed by atoms with Crippen molar-refractivity contribution in [3.8, 4) is 5.75 Å². The Labute approximate surface area is 132 Å². The number of hydrogen-bond acceptors (Lipinski definition) is 3. The van der Waals surface area contributed by atoms with Gasteiger partial charge >= 0.3 is 0 Å². The zero-order chi connectivity index (χ0) is 15.6. The molecule has 4 N–H and O–H groups in total. The Balaban J connectivity index is 2.27. The molecule has 0 bridgehead atoms. The van der Waals surface area contributed by atoms with Crippen molar-refractivity contribution in [3.05, 3.63) is 58.1 Å². The van der Waals surface area contributed by atoms with E-state index in [0.717, 1.165) is 5.56 Å². The first-order valence-corrected chi connectivity index (χ1v) is 6.87. The third-order valence-electron chi connectivity index (χ3n) is 2.90. The quantitative estimate of drug-likeness (QED) is 0.759. The van der Waals surface area contributed by atoms with Crippen molar-refractivity contribution in [1.82, 2.24) is 0 Å². The summed E-state index contributed by atoms with van der Waals surface area (Å²) in [5.74, 6) is -0.532. The zero-order valence-corrected chi connectivity index (χ0v) is 12.8. The number of carbonyl (C=O) groups is 1. The summed E-state index contributed by atoms with van der Waals surface area (Å²) in [6.07, 6.45) is 0. The lowest BCUT2D eigenvalue weighted by Gasteiger charge is -2.10. The monoisotopic (exact) mass is 320 g/mol. The zero-order valence-electron chi connectivity index (χ0n) is 11.2. The van der Waals surface area contributed by atoms with Gasteiger partial charge in [-0.1, -0.05) is 35.4 Å². The molecule has 2 aromatic rings. The van der Waals surface area contributed by atoms with Crippen LogP contribution in [0.3, 0.4) is 0 Å². The van der Waals surface area contributed by atoms with Crippen LogP contribution in [0.2, 0.25) is 5.02 Å². The van der Waals surface area contributed by atoms with Crippen LogP contribution in [0, 0.1) is 6.92 Å². The van der Waals surface area contributed by atoms with Gasteiger partial charge in [0.1, 0.15) is 10.7 Å². The van der Waals surface area contributed by atoms with Crippen molar-refractivity contribution in [2.75, 3.05) is 5.32 Å². The van der Waals surface area contributed by atoms with Gasteiger partial charge in [-0.15, -0.1) is 0 Å². The molecule has 0 saturated heterocycles. The van der Waals surface area contributed by atoms with Crippen LogP contribution in [0.25, 0.3) is 0 Å². The number of phenols is 1. The predicted octanol–water partition coefficient (Wildman–Crippen LogP) is 3.24. The van der Waals surface area contributed by atoms with E-state index in [0.29, 0.717) is 16.3 Å². The van der Waals surface area contributed by atoms with Crippen molar-refractivity contribution in [1.29, 1.82) is 0 Å². The Morgan fingerprint density at radius 3 is 2.62 bits per heavy atom. The van der Waals surface area contributed by atoms with Crippen LogP contribution >= 0.6 is 23.8 Å². The summed E-state index contributed by atoms with van der Waals surface area (Å²) in [5.41, 5.74) is 7.60. The summed E-state index contributed by atoms with van der Waals surface area (Å²) in [6, 6.07) is 9.65. The molecule has 0 aromatic heterocycles. The van der Waals surface area contributed by atoms with Gasteiger partial charge in [-0.3, -0.25) is 4.79 Å². The molecule has 0 aliphatic heterocycles. The largest absolute Gasteiger partial charge is 0.507 e. The van der Waals surface area contributed by atoms with Crippen molar-refractivity contribution < 1.29 is 9.90 Å². The number of aryl methyl sites for hydroxylation is 1. The van der Waals surface area contributed by atoms with Crippen LogP contribution in [0.15, 0.2) is 36.4 Å². The van der Waals surface area contributed by atoms with E-state index < -0.39 is 5.91 Å². The van der Waals surface area contributed by atoms with E-state index in [9.17, 15) is 9.90 Å². The Morgan fingerprint density at radius 1 is 1.29 bits per heavy atom. The molecule has 0 fully saturated rings. The second-order valence-electron chi connectivity index (χ2n) is 4.53. The van der Waals surface area contributed by atoms with Crippen LogP contribution in [-0.2, 0) is 0 Å². The first-order chi connectivity index (χ1) is 9.88. The fourth-order valence-corrected chi connectivity index (χ4v) is 2.15. The third kappa shape index (κ3) is 3.51. The molecule has 0 unspecified atom stereocenters. The van der Waals surface area contributed by atoms with E-state index in [2.05, 4.69) is 5.32 Å². The van der Waals surface area contributed by atoms with Crippen LogP contribution in [0.4, 0.5) is 5.69 Å². The standard InChI is InChI=1S/C15H13ClN2O2S/c1-8-2-5-13(19)10(6-8)15(20)18-12-4-3-9(14(17)21)7-11(12)16/h2-7,19H,1H3,(H2,17,21)(H,18,20). The number of aromatic hydroxyl groups is 1. The van der Waals surface area contributed by atoms with Crippen LogP contribution in [-0.4, -0.2) is 16.0 Å². The molecular weight excluding hydrogens is 308 g/mol. The molecule has 108 valence electrons. The second-order valence-corrected chi connectivity index (χ2v) is 5.38. The fraction of sp³-hybridized carbons (Fsp3) is 0.0667. The summed E-state index contributed by atoms with van der Waals surface area (Å²) in [7, 11) is 0. The highest BCUT2D eigenvalue weighted by molar-refractivity contribution is 7.80. The third-order valence-corrected chi connectivity index (χ3v) is 3.45. The van der Waals surface area contributed by atoms with Gasteiger partial charge in [-0.2, -0.15) is 0 Å². The lowest BCUT2D eigenvalue weighted by atomic mass is 10.1. The number of thiocarbonyl (C=S) groups is 1. The molecule has 6 heteroatoms. The van der Waals surface area contributed by atoms with E-state index in [1.807, 2.05) is 6.92 Å². The Morgan fingerprint density at radius 2 is 2.00 bits per heavy atom. The van der Waals surface area contributed by atoms with Crippen molar-refractivity contribution in [3.63, 3.8) is 0 Å². The maximum Gasteiger partial charge on any atom is 0.259 e. The van der Waals surface area contributed by atoms with Gasteiger partial charge < -0.3 is 16.2 Å². The minimum absolute atomic E-state index is 0.0889. The van der Waals surface area contributed by atoms with E-state index >= 15 is 0 Å². The minimum atomic E-state index is -0.443. The van der Waals surface area contributed by atoms with Gasteiger partial charge in [0.05, 0.1) is 16.3 Å². The Hall–Kier alpha value is -2.11. The highest BCUT2D eigenvalue weighted by Crippen LogP contribution is 2.25. The molecule has 0 atom stereocenters.